The van der Waals surface area contributed by atoms with Crippen LogP contribution in [0.5, 0.6) is 0 Å². The van der Waals surface area contributed by atoms with Gasteiger partial charge in [0.2, 0.25) is 0 Å². The topological polar surface area (TPSA) is 43.8 Å². The van der Waals surface area contributed by atoms with Crippen LogP contribution in [0.15, 0.2) is 30.5 Å². The molecule has 3 heteroatoms. The van der Waals surface area contributed by atoms with Crippen LogP contribution in [0.1, 0.15) is 23.7 Å². The summed E-state index contributed by atoms with van der Waals surface area (Å²) in [6, 6.07) is 8.54. The van der Waals surface area contributed by atoms with Crippen LogP contribution in [-0.4, -0.2) is 16.3 Å². The van der Waals surface area contributed by atoms with Gasteiger partial charge in [0.05, 0.1) is 11.9 Å². The Balaban J connectivity index is 2.32. The summed E-state index contributed by atoms with van der Waals surface area (Å²) in [7, 11) is 0. The van der Waals surface area contributed by atoms with Crippen LogP contribution < -0.4 is 5.73 Å². The molecule has 0 spiro atoms. The van der Waals surface area contributed by atoms with Gasteiger partial charge < -0.3 is 5.73 Å². The molecule has 0 radical (unpaired) electrons. The minimum Gasteiger partial charge on any atom is -0.330 e. The maximum absolute atomic E-state index is 5.58. The molecule has 0 unspecified atom stereocenters. The van der Waals surface area contributed by atoms with Crippen LogP contribution in [0.4, 0.5) is 0 Å². The minimum absolute atomic E-state index is 0.668. The van der Waals surface area contributed by atoms with Crippen molar-refractivity contribution in [2.75, 3.05) is 6.54 Å². The van der Waals surface area contributed by atoms with Crippen molar-refractivity contribution in [3.8, 4) is 5.69 Å². The van der Waals surface area contributed by atoms with E-state index in [0.717, 1.165) is 18.5 Å². The van der Waals surface area contributed by atoms with Crippen molar-refractivity contribution in [1.82, 2.24) is 9.78 Å². The summed E-state index contributed by atoms with van der Waals surface area (Å²) in [6.45, 7) is 4.92. The zero-order chi connectivity index (χ0) is 12.3. The van der Waals surface area contributed by atoms with Gasteiger partial charge in [-0.25, -0.2) is 4.68 Å². The van der Waals surface area contributed by atoms with Gasteiger partial charge in [-0.3, -0.25) is 0 Å². The normalized spacial score (nSPS) is 10.8. The van der Waals surface area contributed by atoms with Crippen LogP contribution in [-0.2, 0) is 12.8 Å². The highest BCUT2D eigenvalue weighted by Crippen LogP contribution is 2.15. The monoisotopic (exact) mass is 229 g/mol. The molecule has 0 fully saturated rings. The molecule has 2 N–H and O–H groups in total. The first-order valence-corrected chi connectivity index (χ1v) is 6.09. The molecule has 0 aliphatic carbocycles. The summed E-state index contributed by atoms with van der Waals surface area (Å²) in [5.41, 5.74) is 10.4. The van der Waals surface area contributed by atoms with Gasteiger partial charge in [-0.1, -0.05) is 19.1 Å². The molecule has 2 aromatic rings. The van der Waals surface area contributed by atoms with Gasteiger partial charge in [-0.05, 0) is 49.6 Å². The standard InChI is InChI=1S/C14H19N3/c1-3-12-4-6-14(7-5-12)17-11(2)13(8-9-15)10-16-17/h4-7,10H,3,8-9,15H2,1-2H3. The third-order valence-corrected chi connectivity index (χ3v) is 3.11. The quantitative estimate of drug-likeness (QED) is 0.873. The van der Waals surface area contributed by atoms with Crippen molar-refractivity contribution in [2.24, 2.45) is 5.73 Å². The Morgan fingerprint density at radius 1 is 1.24 bits per heavy atom. The van der Waals surface area contributed by atoms with Gasteiger partial charge in [0.15, 0.2) is 0 Å². The predicted octanol–water partition coefficient (Wildman–Crippen LogP) is 2.24. The molecule has 0 aliphatic heterocycles. The summed E-state index contributed by atoms with van der Waals surface area (Å²) in [5.74, 6) is 0. The molecule has 3 nitrogen and oxygen atoms in total. The lowest BCUT2D eigenvalue weighted by Gasteiger charge is -2.06. The lowest BCUT2D eigenvalue weighted by molar-refractivity contribution is 0.840. The van der Waals surface area contributed by atoms with Crippen molar-refractivity contribution in [3.63, 3.8) is 0 Å². The van der Waals surface area contributed by atoms with Crippen molar-refractivity contribution >= 4 is 0 Å². The molecule has 1 aromatic heterocycles. The maximum atomic E-state index is 5.58. The number of nitrogens with zero attached hydrogens (tertiary/aromatic N) is 2. The van der Waals surface area contributed by atoms with E-state index < -0.39 is 0 Å². The molecular weight excluding hydrogens is 210 g/mol. The second-order valence-electron chi connectivity index (χ2n) is 4.23. The third kappa shape index (κ3) is 2.39. The fourth-order valence-electron chi connectivity index (χ4n) is 1.98. The lowest BCUT2D eigenvalue weighted by Crippen LogP contribution is -2.04. The largest absolute Gasteiger partial charge is 0.330 e. The highest BCUT2D eigenvalue weighted by molar-refractivity contribution is 5.37. The summed E-state index contributed by atoms with van der Waals surface area (Å²) >= 11 is 0. The van der Waals surface area contributed by atoms with E-state index in [4.69, 9.17) is 5.73 Å². The maximum Gasteiger partial charge on any atom is 0.0648 e. The molecule has 0 bridgehead atoms. The van der Waals surface area contributed by atoms with Crippen molar-refractivity contribution in [2.45, 2.75) is 26.7 Å². The van der Waals surface area contributed by atoms with Gasteiger partial charge >= 0.3 is 0 Å². The second kappa shape index (κ2) is 5.15. The summed E-state index contributed by atoms with van der Waals surface area (Å²) in [4.78, 5) is 0. The van der Waals surface area contributed by atoms with Crippen LogP contribution in [0, 0.1) is 6.92 Å². The number of aryl methyl sites for hydroxylation is 1. The van der Waals surface area contributed by atoms with Crippen LogP contribution >= 0.6 is 0 Å². The van der Waals surface area contributed by atoms with Crippen LogP contribution in [0.3, 0.4) is 0 Å². The average molecular weight is 229 g/mol. The first-order valence-electron chi connectivity index (χ1n) is 6.09. The number of hydrogen-bond acceptors (Lipinski definition) is 2. The molecule has 0 saturated carbocycles. The van der Waals surface area contributed by atoms with E-state index in [1.165, 1.54) is 16.8 Å². The zero-order valence-corrected chi connectivity index (χ0v) is 10.5. The zero-order valence-electron chi connectivity index (χ0n) is 10.5. The SMILES string of the molecule is CCc1ccc(-n2ncc(CCN)c2C)cc1. The van der Waals surface area contributed by atoms with Gasteiger partial charge in [-0.2, -0.15) is 5.10 Å². The Morgan fingerprint density at radius 3 is 2.53 bits per heavy atom. The molecule has 0 aliphatic rings. The van der Waals surface area contributed by atoms with Crippen molar-refractivity contribution in [3.05, 3.63) is 47.3 Å². The smallest absolute Gasteiger partial charge is 0.0648 e. The molecule has 0 atom stereocenters. The van der Waals surface area contributed by atoms with E-state index in [0.29, 0.717) is 6.54 Å². The fourth-order valence-corrected chi connectivity index (χ4v) is 1.98. The average Bonchev–Trinajstić information content (AvgIpc) is 2.72. The molecule has 1 heterocycles. The number of aromatic nitrogens is 2. The van der Waals surface area contributed by atoms with E-state index in [1.807, 2.05) is 10.9 Å². The predicted molar refractivity (Wildman–Crippen MR) is 70.4 cm³/mol. The Labute approximate surface area is 102 Å². The molecule has 90 valence electrons. The van der Waals surface area contributed by atoms with Crippen LogP contribution in [0.2, 0.25) is 0 Å². The third-order valence-electron chi connectivity index (χ3n) is 3.11. The Kier molecular flexibility index (Phi) is 3.59. The van der Waals surface area contributed by atoms with E-state index in [9.17, 15) is 0 Å². The van der Waals surface area contributed by atoms with Gasteiger partial charge in [0.25, 0.3) is 0 Å². The van der Waals surface area contributed by atoms with Gasteiger partial charge in [0.1, 0.15) is 0 Å². The molecular formula is C14H19N3. The highest BCUT2D eigenvalue weighted by atomic mass is 15.3. The van der Waals surface area contributed by atoms with E-state index in [1.54, 1.807) is 0 Å². The molecule has 0 saturated heterocycles. The molecule has 2 rings (SSSR count). The Morgan fingerprint density at radius 2 is 1.94 bits per heavy atom. The first-order chi connectivity index (χ1) is 8.26. The van der Waals surface area contributed by atoms with Gasteiger partial charge in [0, 0.05) is 5.69 Å². The number of benzene rings is 1. The summed E-state index contributed by atoms with van der Waals surface area (Å²) in [5, 5.41) is 4.42. The Hall–Kier alpha value is -1.61. The van der Waals surface area contributed by atoms with Crippen molar-refractivity contribution < 1.29 is 0 Å². The molecule has 0 amide bonds. The highest BCUT2D eigenvalue weighted by Gasteiger charge is 2.06. The molecule has 17 heavy (non-hydrogen) atoms. The van der Waals surface area contributed by atoms with E-state index in [-0.39, 0.29) is 0 Å². The summed E-state index contributed by atoms with van der Waals surface area (Å²) < 4.78 is 1.98. The minimum atomic E-state index is 0.668. The number of nitrogens with two attached hydrogens (primary N) is 1. The second-order valence-corrected chi connectivity index (χ2v) is 4.23. The fraction of sp³-hybridized carbons (Fsp3) is 0.357. The number of hydrogen-bond donors (Lipinski definition) is 1. The van der Waals surface area contributed by atoms with E-state index >= 15 is 0 Å². The Bertz CT molecular complexity index is 483. The van der Waals surface area contributed by atoms with Gasteiger partial charge in [-0.15, -0.1) is 0 Å². The van der Waals surface area contributed by atoms with Crippen molar-refractivity contribution in [1.29, 1.82) is 0 Å². The first kappa shape index (κ1) is 11.9. The molecule has 1 aromatic carbocycles. The number of rotatable bonds is 4. The summed E-state index contributed by atoms with van der Waals surface area (Å²) in [6.07, 6.45) is 3.87. The van der Waals surface area contributed by atoms with E-state index in [2.05, 4.69) is 43.2 Å². The lowest BCUT2D eigenvalue weighted by atomic mass is 10.1. The van der Waals surface area contributed by atoms with Crippen LogP contribution in [0.25, 0.3) is 5.69 Å².